The highest BCUT2D eigenvalue weighted by Gasteiger charge is 2.25. The van der Waals surface area contributed by atoms with Gasteiger partial charge in [-0.3, -0.25) is 9.00 Å². The molecule has 10 heteroatoms. The van der Waals surface area contributed by atoms with Gasteiger partial charge < -0.3 is 24.1 Å². The number of amides is 2. The maximum Gasteiger partial charge on any atom is 0.409 e. The summed E-state index contributed by atoms with van der Waals surface area (Å²) in [6.45, 7) is 4.93. The predicted molar refractivity (Wildman–Crippen MR) is 120 cm³/mol. The number of rotatable bonds is 8. The van der Waals surface area contributed by atoms with Crippen LogP contribution in [-0.2, 0) is 26.1 Å². The number of carbonyl (C=O) groups excluding carboxylic acids is 2. The SMILES string of the molecule is CCOC(=O)N1CCC(NC(=O)C[S@](=O)Cc2nc(-c3ccc(OC)cc3)oc2C)CC1. The van der Waals surface area contributed by atoms with Gasteiger partial charge in [-0.15, -0.1) is 0 Å². The maximum atomic E-state index is 12.5. The number of oxazole rings is 1. The van der Waals surface area contributed by atoms with E-state index in [1.165, 1.54) is 0 Å². The molecule has 1 aliphatic heterocycles. The zero-order valence-electron chi connectivity index (χ0n) is 18.6. The molecule has 0 spiro atoms. The minimum atomic E-state index is -1.42. The topological polar surface area (TPSA) is 111 Å². The minimum absolute atomic E-state index is 0.0411. The van der Waals surface area contributed by atoms with E-state index in [0.29, 0.717) is 49.9 Å². The van der Waals surface area contributed by atoms with Crippen LogP contribution in [0, 0.1) is 6.92 Å². The third-order valence-electron chi connectivity index (χ3n) is 5.21. The molecule has 1 aromatic carbocycles. The number of nitrogens with one attached hydrogen (secondary N) is 1. The van der Waals surface area contributed by atoms with Crippen molar-refractivity contribution in [3.8, 4) is 17.2 Å². The molecule has 9 nitrogen and oxygen atoms in total. The summed E-state index contributed by atoms with van der Waals surface area (Å²) in [5, 5.41) is 2.92. The van der Waals surface area contributed by atoms with Crippen molar-refractivity contribution >= 4 is 22.8 Å². The zero-order valence-corrected chi connectivity index (χ0v) is 19.4. The second kappa shape index (κ2) is 11.1. The van der Waals surface area contributed by atoms with Crippen LogP contribution in [0.1, 0.15) is 31.2 Å². The Bertz CT molecular complexity index is 951. The molecule has 1 aromatic heterocycles. The lowest BCUT2D eigenvalue weighted by Gasteiger charge is -2.31. The molecule has 0 aliphatic carbocycles. The summed E-state index contributed by atoms with van der Waals surface area (Å²) >= 11 is 0. The summed E-state index contributed by atoms with van der Waals surface area (Å²) < 4.78 is 28.4. The van der Waals surface area contributed by atoms with Crippen LogP contribution in [0.2, 0.25) is 0 Å². The van der Waals surface area contributed by atoms with Gasteiger partial charge in [0.25, 0.3) is 0 Å². The summed E-state index contributed by atoms with van der Waals surface area (Å²) in [6.07, 6.45) is 0.964. The third-order valence-corrected chi connectivity index (χ3v) is 6.39. The van der Waals surface area contributed by atoms with E-state index in [1.807, 2.05) is 24.3 Å². The van der Waals surface area contributed by atoms with E-state index >= 15 is 0 Å². The normalized spacial score (nSPS) is 15.3. The fraction of sp³-hybridized carbons (Fsp3) is 0.500. The number of ether oxygens (including phenoxy) is 2. The van der Waals surface area contributed by atoms with Crippen molar-refractivity contribution in [2.75, 3.05) is 32.6 Å². The minimum Gasteiger partial charge on any atom is -0.497 e. The molecule has 3 rings (SSSR count). The monoisotopic (exact) mass is 463 g/mol. The Morgan fingerprint density at radius 1 is 1.25 bits per heavy atom. The van der Waals surface area contributed by atoms with Crippen molar-refractivity contribution in [1.29, 1.82) is 0 Å². The number of hydrogen-bond donors (Lipinski definition) is 1. The molecule has 1 aliphatic rings. The molecule has 0 saturated carbocycles. The standard InChI is InChI=1S/C22H29N3O6S/c1-4-30-22(27)25-11-9-17(10-12-25)23-20(26)14-32(28)13-19-15(2)31-21(24-19)16-5-7-18(29-3)8-6-16/h5-8,17H,4,9-14H2,1-3H3,(H,23,26)/t32-/m1/s1. The molecule has 1 N–H and O–H groups in total. The summed E-state index contributed by atoms with van der Waals surface area (Å²) in [5.74, 6) is 1.51. The van der Waals surface area contributed by atoms with E-state index in [-0.39, 0.29) is 29.5 Å². The molecule has 2 amide bonds. The first-order valence-corrected chi connectivity index (χ1v) is 12.0. The number of aromatic nitrogens is 1. The van der Waals surface area contributed by atoms with Gasteiger partial charge in [0, 0.05) is 35.5 Å². The fourth-order valence-corrected chi connectivity index (χ4v) is 4.51. The van der Waals surface area contributed by atoms with E-state index in [1.54, 1.807) is 25.9 Å². The number of aryl methyl sites for hydroxylation is 1. The van der Waals surface area contributed by atoms with Gasteiger partial charge in [0.15, 0.2) is 0 Å². The largest absolute Gasteiger partial charge is 0.497 e. The molecule has 0 radical (unpaired) electrons. The molecule has 2 aromatic rings. The Labute approximate surface area is 189 Å². The third kappa shape index (κ3) is 6.32. The van der Waals surface area contributed by atoms with E-state index in [4.69, 9.17) is 13.9 Å². The van der Waals surface area contributed by atoms with Crippen LogP contribution in [0.3, 0.4) is 0 Å². The van der Waals surface area contributed by atoms with Gasteiger partial charge >= 0.3 is 6.09 Å². The second-order valence-electron chi connectivity index (χ2n) is 7.51. The molecule has 1 fully saturated rings. The van der Waals surface area contributed by atoms with Crippen LogP contribution in [-0.4, -0.2) is 64.7 Å². The van der Waals surface area contributed by atoms with Crippen molar-refractivity contribution in [3.05, 3.63) is 35.7 Å². The molecule has 0 bridgehead atoms. The van der Waals surface area contributed by atoms with E-state index in [9.17, 15) is 13.8 Å². The van der Waals surface area contributed by atoms with Crippen LogP contribution in [0.25, 0.3) is 11.5 Å². The molecule has 2 heterocycles. The average molecular weight is 464 g/mol. The van der Waals surface area contributed by atoms with Gasteiger partial charge in [-0.05, 0) is 51.0 Å². The van der Waals surface area contributed by atoms with Gasteiger partial charge in [0.2, 0.25) is 11.8 Å². The number of hydrogen-bond acceptors (Lipinski definition) is 7. The molecule has 174 valence electrons. The molecule has 0 unspecified atom stereocenters. The molecular weight excluding hydrogens is 434 g/mol. The average Bonchev–Trinajstić information content (AvgIpc) is 3.14. The zero-order chi connectivity index (χ0) is 23.1. The second-order valence-corrected chi connectivity index (χ2v) is 8.96. The summed E-state index contributed by atoms with van der Waals surface area (Å²) in [6, 6.07) is 7.26. The number of likely N-dealkylation sites (tertiary alicyclic amines) is 1. The fourth-order valence-electron chi connectivity index (χ4n) is 3.46. The van der Waals surface area contributed by atoms with Crippen molar-refractivity contribution < 1.29 is 27.7 Å². The van der Waals surface area contributed by atoms with Crippen molar-refractivity contribution in [3.63, 3.8) is 0 Å². The van der Waals surface area contributed by atoms with Gasteiger partial charge in [-0.1, -0.05) is 0 Å². The van der Waals surface area contributed by atoms with E-state index < -0.39 is 10.8 Å². The predicted octanol–water partition coefficient (Wildman–Crippen LogP) is 2.64. The summed E-state index contributed by atoms with van der Waals surface area (Å²) in [7, 11) is 0.178. The summed E-state index contributed by atoms with van der Waals surface area (Å²) in [4.78, 5) is 30.2. The van der Waals surface area contributed by atoms with Crippen LogP contribution < -0.4 is 10.1 Å². The van der Waals surface area contributed by atoms with Crippen molar-refractivity contribution in [1.82, 2.24) is 15.2 Å². The lowest BCUT2D eigenvalue weighted by atomic mass is 10.1. The number of benzene rings is 1. The highest BCUT2D eigenvalue weighted by molar-refractivity contribution is 7.84. The number of carbonyl (C=O) groups is 2. The first kappa shape index (κ1) is 23.8. The van der Waals surface area contributed by atoms with Gasteiger partial charge in [-0.25, -0.2) is 9.78 Å². The Kier molecular flexibility index (Phi) is 8.26. The molecular formula is C22H29N3O6S. The van der Waals surface area contributed by atoms with E-state index in [0.717, 1.165) is 11.3 Å². The number of piperidine rings is 1. The van der Waals surface area contributed by atoms with Crippen LogP contribution in [0.5, 0.6) is 5.75 Å². The highest BCUT2D eigenvalue weighted by atomic mass is 32.2. The summed E-state index contributed by atoms with van der Waals surface area (Å²) in [5.41, 5.74) is 1.36. The first-order valence-electron chi connectivity index (χ1n) is 10.6. The Morgan fingerprint density at radius 2 is 1.94 bits per heavy atom. The lowest BCUT2D eigenvalue weighted by molar-refractivity contribution is -0.119. The smallest absolute Gasteiger partial charge is 0.409 e. The first-order chi connectivity index (χ1) is 15.4. The van der Waals surface area contributed by atoms with Gasteiger partial charge in [0.1, 0.15) is 17.3 Å². The lowest BCUT2D eigenvalue weighted by Crippen LogP contribution is -2.47. The van der Waals surface area contributed by atoms with Gasteiger partial charge in [-0.2, -0.15) is 0 Å². The van der Waals surface area contributed by atoms with Crippen LogP contribution >= 0.6 is 0 Å². The van der Waals surface area contributed by atoms with Crippen LogP contribution in [0.4, 0.5) is 4.79 Å². The Morgan fingerprint density at radius 3 is 2.56 bits per heavy atom. The molecule has 32 heavy (non-hydrogen) atoms. The maximum absolute atomic E-state index is 12.5. The van der Waals surface area contributed by atoms with E-state index in [2.05, 4.69) is 10.3 Å². The van der Waals surface area contributed by atoms with Crippen LogP contribution in [0.15, 0.2) is 28.7 Å². The highest BCUT2D eigenvalue weighted by Crippen LogP contribution is 2.24. The molecule has 1 saturated heterocycles. The van der Waals surface area contributed by atoms with Crippen molar-refractivity contribution in [2.24, 2.45) is 0 Å². The number of nitrogens with zero attached hydrogens (tertiary/aromatic N) is 2. The quantitative estimate of drug-likeness (QED) is 0.641. The Hall–Kier alpha value is -2.88. The number of methoxy groups -OCH3 is 1. The van der Waals surface area contributed by atoms with Gasteiger partial charge in [0.05, 0.1) is 25.2 Å². The Balaban J connectivity index is 1.48. The van der Waals surface area contributed by atoms with Crippen molar-refractivity contribution in [2.45, 2.75) is 38.5 Å². The molecule has 1 atom stereocenters.